The minimum atomic E-state index is -0.120. The molecule has 0 aromatic rings. The largest absolute Gasteiger partial charge is 0.469 e. The lowest BCUT2D eigenvalue weighted by Crippen LogP contribution is -2.43. The lowest BCUT2D eigenvalue weighted by Gasteiger charge is -2.33. The molecule has 4 nitrogen and oxygen atoms in total. The molecular formula is C13H26N2O2. The number of carbonyl (C=O) groups is 1. The summed E-state index contributed by atoms with van der Waals surface area (Å²) in [4.78, 5) is 13.9. The number of ether oxygens (including phenoxy) is 1. The molecule has 3 atom stereocenters. The van der Waals surface area contributed by atoms with E-state index in [-0.39, 0.29) is 11.9 Å². The van der Waals surface area contributed by atoms with E-state index in [0.29, 0.717) is 12.0 Å². The van der Waals surface area contributed by atoms with Crippen molar-refractivity contribution in [1.82, 2.24) is 4.90 Å². The Morgan fingerprint density at radius 2 is 2.24 bits per heavy atom. The standard InChI is InChI=1S/C13H26N2O2/c1-4-15(9-10(2)13(16)17-3)12-7-5-6-11(12)8-14/h10-12H,4-9,14H2,1-3H3. The fraction of sp³-hybridized carbons (Fsp3) is 0.923. The van der Waals surface area contributed by atoms with E-state index in [0.717, 1.165) is 19.6 Å². The quantitative estimate of drug-likeness (QED) is 0.712. The van der Waals surface area contributed by atoms with Crippen molar-refractivity contribution in [3.63, 3.8) is 0 Å². The number of hydrogen-bond acceptors (Lipinski definition) is 4. The molecule has 2 N–H and O–H groups in total. The van der Waals surface area contributed by atoms with Gasteiger partial charge in [0.05, 0.1) is 13.0 Å². The van der Waals surface area contributed by atoms with Crippen LogP contribution in [0, 0.1) is 11.8 Å². The highest BCUT2D eigenvalue weighted by Gasteiger charge is 2.31. The van der Waals surface area contributed by atoms with Crippen molar-refractivity contribution in [3.8, 4) is 0 Å². The lowest BCUT2D eigenvalue weighted by atomic mass is 10.0. The van der Waals surface area contributed by atoms with Gasteiger partial charge in [-0.15, -0.1) is 0 Å². The highest BCUT2D eigenvalue weighted by atomic mass is 16.5. The monoisotopic (exact) mass is 242 g/mol. The summed E-state index contributed by atoms with van der Waals surface area (Å²) in [5.41, 5.74) is 5.82. The van der Waals surface area contributed by atoms with Crippen LogP contribution in [0.1, 0.15) is 33.1 Å². The van der Waals surface area contributed by atoms with Crippen LogP contribution >= 0.6 is 0 Å². The first kappa shape index (κ1) is 14.5. The Bertz CT molecular complexity index is 246. The van der Waals surface area contributed by atoms with E-state index in [1.807, 2.05) is 6.92 Å². The summed E-state index contributed by atoms with van der Waals surface area (Å²) in [7, 11) is 1.45. The predicted octanol–water partition coefficient (Wildman–Crippen LogP) is 1.24. The van der Waals surface area contributed by atoms with Crippen molar-refractivity contribution < 1.29 is 9.53 Å². The summed E-state index contributed by atoms with van der Waals surface area (Å²) in [5.74, 6) is 0.421. The number of esters is 1. The molecule has 1 aliphatic carbocycles. The van der Waals surface area contributed by atoms with Crippen LogP contribution in [0.4, 0.5) is 0 Å². The average Bonchev–Trinajstić information content (AvgIpc) is 2.82. The van der Waals surface area contributed by atoms with Gasteiger partial charge in [-0.1, -0.05) is 20.3 Å². The van der Waals surface area contributed by atoms with Gasteiger partial charge in [0.1, 0.15) is 0 Å². The van der Waals surface area contributed by atoms with Gasteiger partial charge < -0.3 is 10.5 Å². The van der Waals surface area contributed by atoms with Crippen LogP contribution in [-0.4, -0.2) is 43.7 Å². The third kappa shape index (κ3) is 3.68. The molecular weight excluding hydrogens is 216 g/mol. The number of carbonyl (C=O) groups excluding carboxylic acids is 1. The van der Waals surface area contributed by atoms with E-state index in [1.165, 1.54) is 26.4 Å². The molecule has 0 saturated heterocycles. The van der Waals surface area contributed by atoms with Gasteiger partial charge in [0.25, 0.3) is 0 Å². The maximum Gasteiger partial charge on any atom is 0.309 e. The van der Waals surface area contributed by atoms with Crippen LogP contribution < -0.4 is 5.73 Å². The van der Waals surface area contributed by atoms with Crippen LogP contribution in [0.5, 0.6) is 0 Å². The summed E-state index contributed by atoms with van der Waals surface area (Å²) in [6.45, 7) is 6.59. The van der Waals surface area contributed by atoms with Gasteiger partial charge in [-0.3, -0.25) is 9.69 Å². The second kappa shape index (κ2) is 6.97. The molecule has 100 valence electrons. The van der Waals surface area contributed by atoms with E-state index in [4.69, 9.17) is 10.5 Å². The summed E-state index contributed by atoms with van der Waals surface area (Å²) in [5, 5.41) is 0. The Morgan fingerprint density at radius 1 is 1.53 bits per heavy atom. The van der Waals surface area contributed by atoms with Gasteiger partial charge in [0, 0.05) is 12.6 Å². The summed E-state index contributed by atoms with van der Waals surface area (Å²) in [6, 6.07) is 0.553. The smallest absolute Gasteiger partial charge is 0.309 e. The molecule has 0 bridgehead atoms. The topological polar surface area (TPSA) is 55.6 Å². The normalized spacial score (nSPS) is 26.2. The Morgan fingerprint density at radius 3 is 2.76 bits per heavy atom. The average molecular weight is 242 g/mol. The van der Waals surface area contributed by atoms with E-state index in [1.54, 1.807) is 0 Å². The van der Waals surface area contributed by atoms with E-state index < -0.39 is 0 Å². The van der Waals surface area contributed by atoms with Gasteiger partial charge in [-0.05, 0) is 31.8 Å². The Kier molecular flexibility index (Phi) is 5.92. The molecule has 0 aromatic heterocycles. The van der Waals surface area contributed by atoms with E-state index in [2.05, 4.69) is 11.8 Å². The number of nitrogens with two attached hydrogens (primary N) is 1. The Hall–Kier alpha value is -0.610. The third-order valence-corrected chi connectivity index (χ3v) is 3.91. The van der Waals surface area contributed by atoms with Crippen molar-refractivity contribution in [2.24, 2.45) is 17.6 Å². The Balaban J connectivity index is 2.55. The zero-order valence-corrected chi connectivity index (χ0v) is 11.3. The first-order valence-corrected chi connectivity index (χ1v) is 6.65. The van der Waals surface area contributed by atoms with Crippen molar-refractivity contribution in [2.45, 2.75) is 39.2 Å². The molecule has 0 amide bonds. The van der Waals surface area contributed by atoms with Crippen LogP contribution in [0.15, 0.2) is 0 Å². The SMILES string of the molecule is CCN(CC(C)C(=O)OC)C1CCCC1CN. The van der Waals surface area contributed by atoms with Gasteiger partial charge in [0.2, 0.25) is 0 Å². The lowest BCUT2D eigenvalue weighted by molar-refractivity contribution is -0.145. The molecule has 4 heteroatoms. The fourth-order valence-electron chi connectivity index (χ4n) is 2.90. The molecule has 1 saturated carbocycles. The van der Waals surface area contributed by atoms with Crippen LogP contribution in [0.25, 0.3) is 0 Å². The molecule has 0 aromatic carbocycles. The van der Waals surface area contributed by atoms with Gasteiger partial charge in [-0.25, -0.2) is 0 Å². The van der Waals surface area contributed by atoms with Crippen molar-refractivity contribution in [2.75, 3.05) is 26.7 Å². The van der Waals surface area contributed by atoms with E-state index >= 15 is 0 Å². The van der Waals surface area contributed by atoms with Crippen molar-refractivity contribution in [3.05, 3.63) is 0 Å². The van der Waals surface area contributed by atoms with Crippen LogP contribution in [0.3, 0.4) is 0 Å². The highest BCUT2D eigenvalue weighted by molar-refractivity contribution is 5.72. The molecule has 0 heterocycles. The third-order valence-electron chi connectivity index (χ3n) is 3.91. The second-order valence-electron chi connectivity index (χ2n) is 5.01. The predicted molar refractivity (Wildman–Crippen MR) is 68.6 cm³/mol. The molecule has 0 spiro atoms. The molecule has 17 heavy (non-hydrogen) atoms. The van der Waals surface area contributed by atoms with Crippen LogP contribution in [-0.2, 0) is 9.53 Å². The second-order valence-corrected chi connectivity index (χ2v) is 5.01. The first-order valence-electron chi connectivity index (χ1n) is 6.65. The van der Waals surface area contributed by atoms with Crippen molar-refractivity contribution >= 4 is 5.97 Å². The number of rotatable bonds is 6. The van der Waals surface area contributed by atoms with Crippen LogP contribution in [0.2, 0.25) is 0 Å². The molecule has 1 fully saturated rings. The summed E-state index contributed by atoms with van der Waals surface area (Å²) in [6.07, 6.45) is 3.70. The van der Waals surface area contributed by atoms with Crippen molar-refractivity contribution in [1.29, 1.82) is 0 Å². The highest BCUT2D eigenvalue weighted by Crippen LogP contribution is 2.29. The Labute approximate surface area is 104 Å². The fourth-order valence-corrected chi connectivity index (χ4v) is 2.90. The van der Waals surface area contributed by atoms with Gasteiger partial charge in [0.15, 0.2) is 0 Å². The molecule has 0 radical (unpaired) electrons. The van der Waals surface area contributed by atoms with Gasteiger partial charge in [-0.2, -0.15) is 0 Å². The molecule has 0 aliphatic heterocycles. The zero-order chi connectivity index (χ0) is 12.8. The first-order chi connectivity index (χ1) is 8.13. The van der Waals surface area contributed by atoms with Gasteiger partial charge >= 0.3 is 5.97 Å². The number of methoxy groups -OCH3 is 1. The van der Waals surface area contributed by atoms with E-state index in [9.17, 15) is 4.79 Å². The molecule has 1 aliphatic rings. The summed E-state index contributed by atoms with van der Waals surface area (Å²) >= 11 is 0. The molecule has 3 unspecified atom stereocenters. The number of hydrogen-bond donors (Lipinski definition) is 1. The summed E-state index contributed by atoms with van der Waals surface area (Å²) < 4.78 is 4.78. The maximum atomic E-state index is 11.5. The molecule has 1 rings (SSSR count). The number of nitrogens with zero attached hydrogens (tertiary/aromatic N) is 1. The maximum absolute atomic E-state index is 11.5. The minimum Gasteiger partial charge on any atom is -0.469 e. The zero-order valence-electron chi connectivity index (χ0n) is 11.3. The minimum absolute atomic E-state index is 0.0565.